The number of aryl methyl sites for hydroxylation is 1. The smallest absolute Gasteiger partial charge is 0.145 e. The molecule has 0 spiro atoms. The Bertz CT molecular complexity index is 584. The first-order valence-electron chi connectivity index (χ1n) is 5.26. The van der Waals surface area contributed by atoms with Crippen LogP contribution in [-0.4, -0.2) is 9.97 Å². The van der Waals surface area contributed by atoms with Crippen LogP contribution in [0.15, 0.2) is 36.5 Å². The third kappa shape index (κ3) is 2.81. The van der Waals surface area contributed by atoms with Crippen LogP contribution in [0.25, 0.3) is 0 Å². The van der Waals surface area contributed by atoms with Crippen molar-refractivity contribution in [3.63, 3.8) is 0 Å². The first kappa shape index (κ1) is 12.4. The molecule has 5 heteroatoms. The van der Waals surface area contributed by atoms with Gasteiger partial charge in [0.05, 0.1) is 11.8 Å². The van der Waals surface area contributed by atoms with Crippen LogP contribution < -0.4 is 10.5 Å². The summed E-state index contributed by atoms with van der Waals surface area (Å²) in [5.74, 6) is 0.548. The molecule has 1 heterocycles. The number of pyridine rings is 1. The molecule has 92 valence electrons. The van der Waals surface area contributed by atoms with E-state index in [-0.39, 0.29) is 4.99 Å². The zero-order valence-corrected chi connectivity index (χ0v) is 10.5. The molecule has 18 heavy (non-hydrogen) atoms. The second-order valence-electron chi connectivity index (χ2n) is 3.74. The van der Waals surface area contributed by atoms with Crippen LogP contribution in [0.2, 0.25) is 0 Å². The minimum atomic E-state index is -0.410. The standard InChI is InChI=1S/C13H11FN2OS/c1-8-2-4-10(7-16-8)17-12-5-3-9(14)6-11(12)13(15)18/h2-7H,1H3,(H2,15,18). The van der Waals surface area contributed by atoms with Crippen molar-refractivity contribution in [2.24, 2.45) is 5.73 Å². The SMILES string of the molecule is Cc1ccc(Oc2ccc(F)cc2C(N)=S)cn1. The van der Waals surface area contributed by atoms with Crippen molar-refractivity contribution in [3.8, 4) is 11.5 Å². The van der Waals surface area contributed by atoms with Crippen molar-refractivity contribution in [3.05, 3.63) is 53.6 Å². The Morgan fingerprint density at radius 1 is 1.33 bits per heavy atom. The molecule has 2 N–H and O–H groups in total. The van der Waals surface area contributed by atoms with Crippen LogP contribution >= 0.6 is 12.2 Å². The lowest BCUT2D eigenvalue weighted by molar-refractivity contribution is 0.477. The van der Waals surface area contributed by atoms with Crippen LogP contribution in [-0.2, 0) is 0 Å². The second-order valence-corrected chi connectivity index (χ2v) is 4.18. The van der Waals surface area contributed by atoms with Gasteiger partial charge in [-0.3, -0.25) is 4.98 Å². The van der Waals surface area contributed by atoms with Crippen molar-refractivity contribution in [2.45, 2.75) is 6.92 Å². The molecule has 0 saturated heterocycles. The number of nitrogens with two attached hydrogens (primary N) is 1. The Balaban J connectivity index is 2.34. The molecule has 0 aliphatic heterocycles. The molecule has 1 aromatic carbocycles. The van der Waals surface area contributed by atoms with Gasteiger partial charge in [0.15, 0.2) is 0 Å². The van der Waals surface area contributed by atoms with E-state index >= 15 is 0 Å². The number of rotatable bonds is 3. The number of aromatic nitrogens is 1. The highest BCUT2D eigenvalue weighted by molar-refractivity contribution is 7.80. The van der Waals surface area contributed by atoms with Gasteiger partial charge in [-0.1, -0.05) is 12.2 Å². The first-order chi connectivity index (χ1) is 8.56. The van der Waals surface area contributed by atoms with Crippen molar-refractivity contribution in [1.29, 1.82) is 0 Å². The highest BCUT2D eigenvalue weighted by Crippen LogP contribution is 2.25. The monoisotopic (exact) mass is 262 g/mol. The molecular formula is C13H11FN2OS. The molecule has 2 aromatic rings. The summed E-state index contributed by atoms with van der Waals surface area (Å²) in [5, 5.41) is 0. The summed E-state index contributed by atoms with van der Waals surface area (Å²) in [5.41, 5.74) is 6.78. The molecule has 0 saturated carbocycles. The molecule has 0 unspecified atom stereocenters. The number of hydrogen-bond donors (Lipinski definition) is 1. The van der Waals surface area contributed by atoms with E-state index in [9.17, 15) is 4.39 Å². The van der Waals surface area contributed by atoms with Crippen LogP contribution in [0, 0.1) is 12.7 Å². The minimum absolute atomic E-state index is 0.0876. The minimum Gasteiger partial charge on any atom is -0.455 e. The van der Waals surface area contributed by atoms with E-state index in [4.69, 9.17) is 22.7 Å². The summed E-state index contributed by atoms with van der Waals surface area (Å²) < 4.78 is 18.7. The van der Waals surface area contributed by atoms with Crippen LogP contribution in [0.4, 0.5) is 4.39 Å². The Kier molecular flexibility index (Phi) is 3.53. The van der Waals surface area contributed by atoms with Gasteiger partial charge in [-0.25, -0.2) is 4.39 Å². The Hall–Kier alpha value is -2.01. The Morgan fingerprint density at radius 3 is 2.72 bits per heavy atom. The van der Waals surface area contributed by atoms with E-state index < -0.39 is 5.82 Å². The topological polar surface area (TPSA) is 48.1 Å². The van der Waals surface area contributed by atoms with E-state index in [2.05, 4.69) is 4.98 Å². The van der Waals surface area contributed by atoms with Gasteiger partial charge in [0.2, 0.25) is 0 Å². The summed E-state index contributed by atoms with van der Waals surface area (Å²) in [7, 11) is 0. The van der Waals surface area contributed by atoms with Crippen molar-refractivity contribution in [2.75, 3.05) is 0 Å². The van der Waals surface area contributed by atoms with E-state index in [1.807, 2.05) is 13.0 Å². The van der Waals surface area contributed by atoms with Gasteiger partial charge < -0.3 is 10.5 Å². The van der Waals surface area contributed by atoms with Gasteiger partial charge in [0.25, 0.3) is 0 Å². The molecule has 0 fully saturated rings. The third-order valence-electron chi connectivity index (χ3n) is 2.32. The van der Waals surface area contributed by atoms with Crippen molar-refractivity contribution < 1.29 is 9.13 Å². The molecule has 0 atom stereocenters. The van der Waals surface area contributed by atoms with E-state index in [0.29, 0.717) is 17.1 Å². The van der Waals surface area contributed by atoms with Gasteiger partial charge in [-0.05, 0) is 37.3 Å². The quantitative estimate of drug-likeness (QED) is 0.864. The highest BCUT2D eigenvalue weighted by atomic mass is 32.1. The van der Waals surface area contributed by atoms with E-state index in [0.717, 1.165) is 5.69 Å². The molecule has 0 aliphatic rings. The highest BCUT2D eigenvalue weighted by Gasteiger charge is 2.09. The lowest BCUT2D eigenvalue weighted by atomic mass is 10.2. The zero-order valence-electron chi connectivity index (χ0n) is 9.68. The van der Waals surface area contributed by atoms with E-state index in [1.165, 1.54) is 18.2 Å². The molecule has 2 rings (SSSR count). The maximum Gasteiger partial charge on any atom is 0.145 e. The second kappa shape index (κ2) is 5.10. The average molecular weight is 262 g/mol. The number of ether oxygens (including phenoxy) is 1. The van der Waals surface area contributed by atoms with E-state index in [1.54, 1.807) is 12.3 Å². The van der Waals surface area contributed by atoms with Gasteiger partial charge >= 0.3 is 0 Å². The largest absolute Gasteiger partial charge is 0.455 e. The summed E-state index contributed by atoms with van der Waals surface area (Å²) in [4.78, 5) is 4.19. The van der Waals surface area contributed by atoms with Crippen molar-refractivity contribution >= 4 is 17.2 Å². The fourth-order valence-electron chi connectivity index (χ4n) is 1.43. The number of halogens is 1. The molecular weight excluding hydrogens is 251 g/mol. The Labute approximate surface area is 109 Å². The molecule has 0 amide bonds. The van der Waals surface area contributed by atoms with Gasteiger partial charge in [0, 0.05) is 5.69 Å². The maximum absolute atomic E-state index is 13.1. The fourth-order valence-corrected chi connectivity index (χ4v) is 1.58. The zero-order chi connectivity index (χ0) is 13.1. The normalized spacial score (nSPS) is 10.1. The summed E-state index contributed by atoms with van der Waals surface area (Å²) >= 11 is 4.86. The molecule has 0 aliphatic carbocycles. The van der Waals surface area contributed by atoms with Crippen LogP contribution in [0.3, 0.4) is 0 Å². The maximum atomic E-state index is 13.1. The van der Waals surface area contributed by atoms with Crippen LogP contribution in [0.1, 0.15) is 11.3 Å². The third-order valence-corrected chi connectivity index (χ3v) is 2.54. The van der Waals surface area contributed by atoms with Gasteiger partial charge in [0.1, 0.15) is 22.3 Å². The number of hydrogen-bond acceptors (Lipinski definition) is 3. The summed E-state index contributed by atoms with van der Waals surface area (Å²) in [6.45, 7) is 1.88. The Morgan fingerprint density at radius 2 is 2.11 bits per heavy atom. The number of thiocarbonyl (C=S) groups is 1. The number of benzene rings is 1. The van der Waals surface area contributed by atoms with Gasteiger partial charge in [-0.2, -0.15) is 0 Å². The first-order valence-corrected chi connectivity index (χ1v) is 5.67. The molecule has 1 aromatic heterocycles. The summed E-state index contributed by atoms with van der Waals surface area (Å²) in [6.07, 6.45) is 1.59. The molecule has 0 bridgehead atoms. The average Bonchev–Trinajstić information content (AvgIpc) is 2.34. The van der Waals surface area contributed by atoms with Gasteiger partial charge in [-0.15, -0.1) is 0 Å². The predicted octanol–water partition coefficient (Wildman–Crippen LogP) is 2.96. The molecule has 3 nitrogen and oxygen atoms in total. The number of nitrogens with zero attached hydrogens (tertiary/aromatic N) is 1. The lowest BCUT2D eigenvalue weighted by Crippen LogP contribution is -2.11. The van der Waals surface area contributed by atoms with Crippen LogP contribution in [0.5, 0.6) is 11.5 Å². The lowest BCUT2D eigenvalue weighted by Gasteiger charge is -2.10. The van der Waals surface area contributed by atoms with Crippen molar-refractivity contribution in [1.82, 2.24) is 4.98 Å². The fraction of sp³-hybridized carbons (Fsp3) is 0.0769. The summed E-state index contributed by atoms with van der Waals surface area (Å²) in [6, 6.07) is 7.62. The molecule has 0 radical (unpaired) electrons. The predicted molar refractivity (Wildman–Crippen MR) is 71.3 cm³/mol.